The highest BCUT2D eigenvalue weighted by atomic mass is 32.1. The van der Waals surface area contributed by atoms with Gasteiger partial charge in [0.25, 0.3) is 11.8 Å². The number of nitrogens with zero attached hydrogens (tertiary/aromatic N) is 2. The molecule has 0 fully saturated rings. The lowest BCUT2D eigenvalue weighted by Gasteiger charge is -2.35. The second kappa shape index (κ2) is 7.32. The van der Waals surface area contributed by atoms with Crippen LogP contribution in [0, 0.1) is 0 Å². The van der Waals surface area contributed by atoms with Crippen LogP contribution in [0.15, 0.2) is 12.4 Å². The number of alkyl halides is 5. The van der Waals surface area contributed by atoms with E-state index in [0.717, 1.165) is 11.3 Å². The molecule has 2 aromatic rings. The molecule has 1 amide bonds. The summed E-state index contributed by atoms with van der Waals surface area (Å²) >= 11 is 0.951. The molecule has 2 aromatic heterocycles. The Labute approximate surface area is 160 Å². The van der Waals surface area contributed by atoms with Crippen molar-refractivity contribution in [3.05, 3.63) is 22.8 Å². The maximum absolute atomic E-state index is 14.3. The quantitative estimate of drug-likeness (QED) is 0.622. The number of aliphatic hydroxyl groups excluding tert-OH is 1. The van der Waals surface area contributed by atoms with E-state index in [-0.39, 0.29) is 29.1 Å². The van der Waals surface area contributed by atoms with Crippen molar-refractivity contribution < 1.29 is 31.9 Å². The summed E-state index contributed by atoms with van der Waals surface area (Å²) in [7, 11) is 0. The Morgan fingerprint density at radius 1 is 1.46 bits per heavy atom. The molecule has 154 valence electrons. The zero-order valence-corrected chi connectivity index (χ0v) is 15.2. The van der Waals surface area contributed by atoms with Crippen LogP contribution in [-0.2, 0) is 6.42 Å². The van der Waals surface area contributed by atoms with Crippen molar-refractivity contribution in [1.29, 1.82) is 0 Å². The number of aromatic nitrogens is 2. The van der Waals surface area contributed by atoms with Crippen LogP contribution in [0.1, 0.15) is 28.1 Å². The molecule has 12 heteroatoms. The molecular weight excluding hydrogens is 407 g/mol. The molecule has 0 saturated carbocycles. The third-order valence-corrected chi connectivity index (χ3v) is 5.71. The van der Waals surface area contributed by atoms with Crippen LogP contribution in [0.2, 0.25) is 0 Å². The minimum absolute atomic E-state index is 0.0677. The number of aliphatic hydroxyl groups is 1. The van der Waals surface area contributed by atoms with Crippen LogP contribution in [0.3, 0.4) is 0 Å². The van der Waals surface area contributed by atoms with E-state index in [1.165, 1.54) is 17.3 Å². The molecule has 0 radical (unpaired) electrons. The highest BCUT2D eigenvalue weighted by molar-refractivity contribution is 7.18. The molecule has 1 aliphatic rings. The molecule has 0 saturated heterocycles. The third kappa shape index (κ3) is 4.12. The van der Waals surface area contributed by atoms with Gasteiger partial charge in [-0.2, -0.15) is 18.3 Å². The van der Waals surface area contributed by atoms with E-state index >= 15 is 0 Å². The SMILES string of the molecule is NC(=O)c1sc(-c2cn[nH]c2)c2c1N(CCC[C@@H](O)C(F)(F)F)CC(F)(F)C2. The number of primary amides is 1. The van der Waals surface area contributed by atoms with E-state index in [2.05, 4.69) is 10.2 Å². The first-order valence-electron chi connectivity index (χ1n) is 8.32. The second-order valence-corrected chi connectivity index (χ2v) is 7.61. The Morgan fingerprint density at radius 3 is 2.75 bits per heavy atom. The van der Waals surface area contributed by atoms with Crippen molar-refractivity contribution in [3.63, 3.8) is 0 Å². The average Bonchev–Trinajstić information content (AvgIpc) is 3.19. The fourth-order valence-electron chi connectivity index (χ4n) is 3.23. The summed E-state index contributed by atoms with van der Waals surface area (Å²) in [5, 5.41) is 15.5. The van der Waals surface area contributed by atoms with E-state index in [9.17, 15) is 26.7 Å². The summed E-state index contributed by atoms with van der Waals surface area (Å²) in [6.07, 6.45) is -5.82. The van der Waals surface area contributed by atoms with E-state index in [0.29, 0.717) is 10.4 Å². The smallest absolute Gasteiger partial charge is 0.384 e. The van der Waals surface area contributed by atoms with Gasteiger partial charge in [0, 0.05) is 35.2 Å². The second-order valence-electron chi connectivity index (χ2n) is 6.59. The number of hydrogen-bond acceptors (Lipinski definition) is 5. The lowest BCUT2D eigenvalue weighted by molar-refractivity contribution is -0.205. The lowest BCUT2D eigenvalue weighted by Crippen LogP contribution is -2.44. The van der Waals surface area contributed by atoms with Gasteiger partial charge in [-0.15, -0.1) is 11.3 Å². The summed E-state index contributed by atoms with van der Waals surface area (Å²) in [4.78, 5) is 13.5. The Hall–Kier alpha value is -2.21. The standard InChI is InChI=1S/C16H17F5N4O2S/c17-15(18)4-9-11(25(7-15)3-1-2-10(26)16(19,20)21)13(14(22)27)28-12(9)8-5-23-24-6-8/h5-6,10,26H,1-4,7H2,(H2,22,27)(H,23,24)/t10-/m1/s1. The van der Waals surface area contributed by atoms with E-state index < -0.39 is 43.5 Å². The van der Waals surface area contributed by atoms with Crippen molar-refractivity contribution in [2.24, 2.45) is 5.73 Å². The molecule has 0 aromatic carbocycles. The fourth-order valence-corrected chi connectivity index (χ4v) is 4.41. The number of thiophene rings is 1. The number of rotatable bonds is 6. The molecule has 3 rings (SSSR count). The molecular formula is C16H17F5N4O2S. The molecule has 3 heterocycles. The van der Waals surface area contributed by atoms with Gasteiger partial charge in [-0.1, -0.05) is 0 Å². The molecule has 0 spiro atoms. The lowest BCUT2D eigenvalue weighted by atomic mass is 9.97. The van der Waals surface area contributed by atoms with Gasteiger partial charge in [0.2, 0.25) is 0 Å². The average molecular weight is 424 g/mol. The number of amides is 1. The number of nitrogens with two attached hydrogens (primary N) is 1. The molecule has 0 aliphatic carbocycles. The van der Waals surface area contributed by atoms with Gasteiger partial charge in [-0.25, -0.2) is 8.78 Å². The highest BCUT2D eigenvalue weighted by Gasteiger charge is 2.43. The van der Waals surface area contributed by atoms with Gasteiger partial charge in [0.15, 0.2) is 0 Å². The minimum atomic E-state index is -4.77. The Bertz CT molecular complexity index is 850. The van der Waals surface area contributed by atoms with Gasteiger partial charge in [-0.3, -0.25) is 9.89 Å². The number of hydrogen-bond donors (Lipinski definition) is 3. The topological polar surface area (TPSA) is 95.2 Å². The van der Waals surface area contributed by atoms with Crippen LogP contribution in [-0.4, -0.2) is 52.5 Å². The summed E-state index contributed by atoms with van der Waals surface area (Å²) in [6.45, 7) is -0.929. The van der Waals surface area contributed by atoms with Gasteiger partial charge in [-0.05, 0) is 12.8 Å². The van der Waals surface area contributed by atoms with Gasteiger partial charge < -0.3 is 15.7 Å². The van der Waals surface area contributed by atoms with Gasteiger partial charge in [0.1, 0.15) is 11.0 Å². The number of carbonyl (C=O) groups excluding carboxylic acids is 1. The van der Waals surface area contributed by atoms with Crippen LogP contribution in [0.5, 0.6) is 0 Å². The fraction of sp³-hybridized carbons (Fsp3) is 0.500. The van der Waals surface area contributed by atoms with E-state index in [1.54, 1.807) is 0 Å². The Kier molecular flexibility index (Phi) is 5.36. The molecule has 28 heavy (non-hydrogen) atoms. The predicted octanol–water partition coefficient (Wildman–Crippen LogP) is 2.94. The number of H-pyrrole nitrogens is 1. The van der Waals surface area contributed by atoms with Gasteiger partial charge in [0.05, 0.1) is 18.4 Å². The summed E-state index contributed by atoms with van der Waals surface area (Å²) in [6, 6.07) is 0. The summed E-state index contributed by atoms with van der Waals surface area (Å²) < 4.78 is 66.0. The van der Waals surface area contributed by atoms with Crippen LogP contribution >= 0.6 is 11.3 Å². The highest BCUT2D eigenvalue weighted by Crippen LogP contribution is 2.47. The van der Waals surface area contributed by atoms with Crippen LogP contribution < -0.4 is 10.6 Å². The maximum atomic E-state index is 14.3. The number of carbonyl (C=O) groups is 1. The molecule has 0 bridgehead atoms. The van der Waals surface area contributed by atoms with Crippen molar-refractivity contribution in [2.45, 2.75) is 37.5 Å². The van der Waals surface area contributed by atoms with Crippen molar-refractivity contribution in [3.8, 4) is 10.4 Å². The molecule has 1 atom stereocenters. The summed E-state index contributed by atoms with van der Waals surface area (Å²) in [5.41, 5.74) is 6.37. The predicted molar refractivity (Wildman–Crippen MR) is 92.6 cm³/mol. The van der Waals surface area contributed by atoms with E-state index in [4.69, 9.17) is 10.8 Å². The zero-order valence-electron chi connectivity index (χ0n) is 14.4. The first kappa shape index (κ1) is 20.5. The first-order valence-corrected chi connectivity index (χ1v) is 9.13. The minimum Gasteiger partial charge on any atom is -0.384 e. The molecule has 1 aliphatic heterocycles. The third-order valence-electron chi connectivity index (χ3n) is 4.42. The summed E-state index contributed by atoms with van der Waals surface area (Å²) in [5.74, 6) is -3.94. The number of halogens is 5. The number of fused-ring (bicyclic) bond motifs is 1. The van der Waals surface area contributed by atoms with E-state index in [1.807, 2.05) is 0 Å². The van der Waals surface area contributed by atoms with Crippen molar-refractivity contribution in [1.82, 2.24) is 10.2 Å². The normalized spacial score (nSPS) is 17.4. The molecule has 6 nitrogen and oxygen atoms in total. The van der Waals surface area contributed by atoms with Crippen LogP contribution in [0.25, 0.3) is 10.4 Å². The number of anilines is 1. The van der Waals surface area contributed by atoms with Crippen molar-refractivity contribution in [2.75, 3.05) is 18.0 Å². The number of nitrogens with one attached hydrogen (secondary N) is 1. The largest absolute Gasteiger partial charge is 0.414 e. The first-order chi connectivity index (χ1) is 13.0. The number of aromatic amines is 1. The monoisotopic (exact) mass is 424 g/mol. The Morgan fingerprint density at radius 2 is 2.18 bits per heavy atom. The van der Waals surface area contributed by atoms with Crippen LogP contribution in [0.4, 0.5) is 27.6 Å². The zero-order chi connectivity index (χ0) is 20.7. The maximum Gasteiger partial charge on any atom is 0.414 e. The Balaban J connectivity index is 1.93. The van der Waals surface area contributed by atoms with Crippen molar-refractivity contribution >= 4 is 22.9 Å². The van der Waals surface area contributed by atoms with Gasteiger partial charge >= 0.3 is 6.18 Å². The molecule has 0 unspecified atom stereocenters. The molecule has 4 N–H and O–H groups in total.